The molecule has 2 aliphatic carbocycles. The van der Waals surface area contributed by atoms with Gasteiger partial charge in [0.1, 0.15) is 11.6 Å². The van der Waals surface area contributed by atoms with Gasteiger partial charge in [0.05, 0.1) is 5.69 Å². The molecule has 1 aromatic carbocycles. The molecule has 0 aromatic heterocycles. The first-order chi connectivity index (χ1) is 9.22. The van der Waals surface area contributed by atoms with Gasteiger partial charge in [-0.25, -0.2) is 8.78 Å². The van der Waals surface area contributed by atoms with Gasteiger partial charge in [0.2, 0.25) is 0 Å². The van der Waals surface area contributed by atoms with E-state index in [9.17, 15) is 8.78 Å². The molecule has 3 rings (SSSR count). The van der Waals surface area contributed by atoms with Crippen molar-refractivity contribution in [1.29, 1.82) is 0 Å². The Kier molecular flexibility index (Phi) is 3.72. The Bertz CT molecular complexity index is 446. The quantitative estimate of drug-likeness (QED) is 0.814. The number of fused-ring (bicyclic) bond motifs is 1. The van der Waals surface area contributed by atoms with E-state index in [-0.39, 0.29) is 11.6 Å². The highest BCUT2D eigenvalue weighted by molar-refractivity contribution is 5.45. The first kappa shape index (κ1) is 12.9. The third-order valence-electron chi connectivity index (χ3n) is 4.83. The van der Waals surface area contributed by atoms with Gasteiger partial charge in [-0.1, -0.05) is 25.7 Å². The smallest absolute Gasteiger partial charge is 0.146 e. The number of halogens is 2. The van der Waals surface area contributed by atoms with Crippen LogP contribution in [0, 0.1) is 23.5 Å². The third kappa shape index (κ3) is 2.90. The molecule has 1 nitrogen and oxygen atoms in total. The van der Waals surface area contributed by atoms with Crippen molar-refractivity contribution in [2.24, 2.45) is 11.8 Å². The van der Waals surface area contributed by atoms with Gasteiger partial charge in [0, 0.05) is 6.04 Å². The average Bonchev–Trinajstić information content (AvgIpc) is 2.43. The fourth-order valence-corrected chi connectivity index (χ4v) is 3.83. The van der Waals surface area contributed by atoms with Crippen molar-refractivity contribution in [2.45, 2.75) is 51.0 Å². The lowest BCUT2D eigenvalue weighted by atomic mass is 9.69. The van der Waals surface area contributed by atoms with Gasteiger partial charge in [-0.15, -0.1) is 0 Å². The lowest BCUT2D eigenvalue weighted by Gasteiger charge is -2.39. The second-order valence-electron chi connectivity index (χ2n) is 6.08. The van der Waals surface area contributed by atoms with Gasteiger partial charge >= 0.3 is 0 Å². The van der Waals surface area contributed by atoms with Crippen molar-refractivity contribution < 1.29 is 8.78 Å². The summed E-state index contributed by atoms with van der Waals surface area (Å²) >= 11 is 0. The van der Waals surface area contributed by atoms with Crippen molar-refractivity contribution in [2.75, 3.05) is 5.32 Å². The maximum atomic E-state index is 13.6. The SMILES string of the molecule is Fc1ccc(F)c(NC2CCC3CCCCC3C2)c1. The zero-order valence-electron chi connectivity index (χ0n) is 11.2. The van der Waals surface area contributed by atoms with E-state index in [1.165, 1.54) is 50.3 Å². The van der Waals surface area contributed by atoms with E-state index in [0.29, 0.717) is 11.7 Å². The number of hydrogen-bond donors (Lipinski definition) is 1. The molecule has 2 fully saturated rings. The summed E-state index contributed by atoms with van der Waals surface area (Å²) in [5.41, 5.74) is 0.319. The van der Waals surface area contributed by atoms with Crippen LogP contribution in [-0.2, 0) is 0 Å². The summed E-state index contributed by atoms with van der Waals surface area (Å²) in [6.07, 6.45) is 8.82. The Labute approximate surface area is 113 Å². The lowest BCUT2D eigenvalue weighted by molar-refractivity contribution is 0.162. The summed E-state index contributed by atoms with van der Waals surface area (Å²) in [6, 6.07) is 3.93. The molecule has 0 spiro atoms. The van der Waals surface area contributed by atoms with E-state index >= 15 is 0 Å². The van der Waals surface area contributed by atoms with E-state index in [4.69, 9.17) is 0 Å². The Morgan fingerprint density at radius 1 is 0.947 bits per heavy atom. The van der Waals surface area contributed by atoms with Crippen molar-refractivity contribution in [3.8, 4) is 0 Å². The number of rotatable bonds is 2. The van der Waals surface area contributed by atoms with Crippen LogP contribution in [0.4, 0.5) is 14.5 Å². The summed E-state index contributed by atoms with van der Waals surface area (Å²) in [7, 11) is 0. The fraction of sp³-hybridized carbons (Fsp3) is 0.625. The van der Waals surface area contributed by atoms with Crippen molar-refractivity contribution >= 4 is 5.69 Å². The third-order valence-corrected chi connectivity index (χ3v) is 4.83. The largest absolute Gasteiger partial charge is 0.380 e. The minimum absolute atomic E-state index is 0.302. The molecule has 2 aliphatic rings. The molecule has 0 saturated heterocycles. The minimum atomic E-state index is -0.379. The molecular formula is C16H21F2N. The summed E-state index contributed by atoms with van der Waals surface area (Å²) in [5, 5.41) is 3.21. The van der Waals surface area contributed by atoms with E-state index < -0.39 is 0 Å². The van der Waals surface area contributed by atoms with Crippen LogP contribution in [0.25, 0.3) is 0 Å². The standard InChI is InChI=1S/C16H21F2N/c17-13-6-8-15(18)16(10-13)19-14-7-5-11-3-1-2-4-12(11)9-14/h6,8,10-12,14,19H,1-5,7,9H2. The van der Waals surface area contributed by atoms with Crippen LogP contribution in [0.1, 0.15) is 44.9 Å². The van der Waals surface area contributed by atoms with E-state index in [0.717, 1.165) is 24.7 Å². The normalized spacial score (nSPS) is 30.7. The summed E-state index contributed by atoms with van der Waals surface area (Å²) in [5.74, 6) is 0.934. The maximum Gasteiger partial charge on any atom is 0.146 e. The molecule has 0 radical (unpaired) electrons. The van der Waals surface area contributed by atoms with Gasteiger partial charge in [-0.3, -0.25) is 0 Å². The maximum absolute atomic E-state index is 13.6. The number of hydrogen-bond acceptors (Lipinski definition) is 1. The number of nitrogens with one attached hydrogen (secondary N) is 1. The molecule has 104 valence electrons. The van der Waals surface area contributed by atoms with E-state index in [2.05, 4.69) is 5.32 Å². The predicted octanol–water partition coefficient (Wildman–Crippen LogP) is 4.74. The topological polar surface area (TPSA) is 12.0 Å². The molecular weight excluding hydrogens is 244 g/mol. The van der Waals surface area contributed by atoms with Crippen molar-refractivity contribution in [3.63, 3.8) is 0 Å². The van der Waals surface area contributed by atoms with Crippen molar-refractivity contribution in [3.05, 3.63) is 29.8 Å². The second kappa shape index (κ2) is 5.48. The highest BCUT2D eigenvalue weighted by Gasteiger charge is 2.32. The molecule has 2 saturated carbocycles. The van der Waals surface area contributed by atoms with Gasteiger partial charge < -0.3 is 5.32 Å². The Morgan fingerprint density at radius 3 is 2.58 bits per heavy atom. The zero-order chi connectivity index (χ0) is 13.2. The molecule has 0 aliphatic heterocycles. The molecule has 0 bridgehead atoms. The molecule has 3 unspecified atom stereocenters. The second-order valence-corrected chi connectivity index (χ2v) is 6.08. The van der Waals surface area contributed by atoms with Crippen LogP contribution in [0.15, 0.2) is 18.2 Å². The van der Waals surface area contributed by atoms with Crippen LogP contribution >= 0.6 is 0 Å². The highest BCUT2D eigenvalue weighted by Crippen LogP contribution is 2.41. The monoisotopic (exact) mass is 265 g/mol. The van der Waals surface area contributed by atoms with Crippen LogP contribution in [0.2, 0.25) is 0 Å². The first-order valence-electron chi connectivity index (χ1n) is 7.44. The Hall–Kier alpha value is -1.12. The van der Waals surface area contributed by atoms with Crippen LogP contribution in [0.5, 0.6) is 0 Å². The van der Waals surface area contributed by atoms with Gasteiger partial charge in [0.15, 0.2) is 0 Å². The van der Waals surface area contributed by atoms with Crippen LogP contribution in [0.3, 0.4) is 0 Å². The summed E-state index contributed by atoms with van der Waals surface area (Å²) < 4.78 is 26.8. The van der Waals surface area contributed by atoms with E-state index in [1.807, 2.05) is 0 Å². The predicted molar refractivity (Wildman–Crippen MR) is 73.1 cm³/mol. The lowest BCUT2D eigenvalue weighted by Crippen LogP contribution is -2.34. The number of anilines is 1. The van der Waals surface area contributed by atoms with Crippen LogP contribution < -0.4 is 5.32 Å². The summed E-state index contributed by atoms with van der Waals surface area (Å²) in [6.45, 7) is 0. The highest BCUT2D eigenvalue weighted by atomic mass is 19.1. The molecule has 1 aromatic rings. The minimum Gasteiger partial charge on any atom is -0.380 e. The van der Waals surface area contributed by atoms with Crippen molar-refractivity contribution in [1.82, 2.24) is 0 Å². The number of benzene rings is 1. The fourth-order valence-electron chi connectivity index (χ4n) is 3.83. The van der Waals surface area contributed by atoms with Gasteiger partial charge in [-0.2, -0.15) is 0 Å². The summed E-state index contributed by atoms with van der Waals surface area (Å²) in [4.78, 5) is 0. The Morgan fingerprint density at radius 2 is 1.74 bits per heavy atom. The van der Waals surface area contributed by atoms with E-state index in [1.54, 1.807) is 0 Å². The molecule has 3 atom stereocenters. The molecule has 3 heteroatoms. The zero-order valence-corrected chi connectivity index (χ0v) is 11.2. The first-order valence-corrected chi connectivity index (χ1v) is 7.44. The Balaban J connectivity index is 1.65. The molecule has 1 N–H and O–H groups in total. The van der Waals surface area contributed by atoms with Gasteiger partial charge in [0.25, 0.3) is 0 Å². The van der Waals surface area contributed by atoms with Crippen LogP contribution in [-0.4, -0.2) is 6.04 Å². The molecule has 0 heterocycles. The van der Waals surface area contributed by atoms with Gasteiger partial charge in [-0.05, 0) is 49.3 Å². The average molecular weight is 265 g/mol. The molecule has 19 heavy (non-hydrogen) atoms. The molecule has 0 amide bonds.